The normalized spacial score (nSPS) is 17.8. The van der Waals surface area contributed by atoms with Gasteiger partial charge in [-0.25, -0.2) is 0 Å². The van der Waals surface area contributed by atoms with Crippen molar-refractivity contribution >= 4 is 5.97 Å². The van der Waals surface area contributed by atoms with Crippen molar-refractivity contribution in [3.05, 3.63) is 23.3 Å². The number of carbonyl (C=O) groups is 1. The minimum absolute atomic E-state index is 0.0443. The molecule has 1 N–H and O–H groups in total. The summed E-state index contributed by atoms with van der Waals surface area (Å²) in [6.07, 6.45) is 0.110. The van der Waals surface area contributed by atoms with Crippen LogP contribution in [0.4, 0.5) is 0 Å². The van der Waals surface area contributed by atoms with E-state index >= 15 is 0 Å². The van der Waals surface area contributed by atoms with Crippen LogP contribution in [0.1, 0.15) is 23.5 Å². The van der Waals surface area contributed by atoms with Crippen LogP contribution in [-0.2, 0) is 4.79 Å². The standard InChI is InChI=1S/C12H14O4/c1-7-10(15-2)4-3-9-8(5-11(13)14)6-16-12(7)9/h3-4,8H,5-6H2,1-2H3,(H,13,14)/t8-/m1/s1. The number of ether oxygens (including phenoxy) is 2. The SMILES string of the molecule is COc1ccc2c(c1C)OC[C@H]2CC(=O)O. The zero-order valence-electron chi connectivity index (χ0n) is 9.32. The highest BCUT2D eigenvalue weighted by Crippen LogP contribution is 2.41. The molecule has 1 aromatic carbocycles. The Hall–Kier alpha value is -1.71. The third kappa shape index (κ3) is 1.71. The van der Waals surface area contributed by atoms with Crippen molar-refractivity contribution in [3.63, 3.8) is 0 Å². The summed E-state index contributed by atoms with van der Waals surface area (Å²) in [6.45, 7) is 2.36. The highest BCUT2D eigenvalue weighted by Gasteiger charge is 2.28. The van der Waals surface area contributed by atoms with Crippen LogP contribution in [0.15, 0.2) is 12.1 Å². The van der Waals surface area contributed by atoms with Gasteiger partial charge < -0.3 is 14.6 Å². The molecule has 1 aliphatic rings. The highest BCUT2D eigenvalue weighted by atomic mass is 16.5. The number of rotatable bonds is 3. The van der Waals surface area contributed by atoms with Crippen molar-refractivity contribution in [1.82, 2.24) is 0 Å². The number of hydrogen-bond acceptors (Lipinski definition) is 3. The average Bonchev–Trinajstić information content (AvgIpc) is 2.62. The number of carboxylic acid groups (broad SMARTS) is 1. The molecule has 0 spiro atoms. The number of fused-ring (bicyclic) bond motifs is 1. The third-order valence-corrected chi connectivity index (χ3v) is 2.90. The molecule has 0 bridgehead atoms. The molecule has 0 amide bonds. The van der Waals surface area contributed by atoms with Crippen molar-refractivity contribution in [3.8, 4) is 11.5 Å². The van der Waals surface area contributed by atoms with Crippen LogP contribution >= 0.6 is 0 Å². The molecule has 86 valence electrons. The number of aliphatic carboxylic acids is 1. The first-order valence-electron chi connectivity index (χ1n) is 5.15. The Morgan fingerprint density at radius 1 is 1.62 bits per heavy atom. The second-order valence-electron chi connectivity index (χ2n) is 3.92. The van der Waals surface area contributed by atoms with Crippen molar-refractivity contribution < 1.29 is 19.4 Å². The van der Waals surface area contributed by atoms with Crippen LogP contribution in [0.5, 0.6) is 11.5 Å². The van der Waals surface area contributed by atoms with Gasteiger partial charge in [0.25, 0.3) is 0 Å². The monoisotopic (exact) mass is 222 g/mol. The molecule has 1 heterocycles. The van der Waals surface area contributed by atoms with Gasteiger partial charge in [-0.1, -0.05) is 6.07 Å². The molecule has 0 radical (unpaired) electrons. The van der Waals surface area contributed by atoms with E-state index in [1.54, 1.807) is 7.11 Å². The smallest absolute Gasteiger partial charge is 0.304 e. The highest BCUT2D eigenvalue weighted by molar-refractivity contribution is 5.69. The summed E-state index contributed by atoms with van der Waals surface area (Å²) in [6, 6.07) is 3.75. The number of benzene rings is 1. The molecular weight excluding hydrogens is 208 g/mol. The fraction of sp³-hybridized carbons (Fsp3) is 0.417. The van der Waals surface area contributed by atoms with Gasteiger partial charge in [0.15, 0.2) is 0 Å². The Kier molecular flexibility index (Phi) is 2.73. The lowest BCUT2D eigenvalue weighted by Crippen LogP contribution is -2.07. The lowest BCUT2D eigenvalue weighted by Gasteiger charge is -2.09. The largest absolute Gasteiger partial charge is 0.496 e. The maximum Gasteiger partial charge on any atom is 0.304 e. The Morgan fingerprint density at radius 2 is 2.38 bits per heavy atom. The fourth-order valence-electron chi connectivity index (χ4n) is 2.08. The molecule has 1 aromatic rings. The van der Waals surface area contributed by atoms with Gasteiger partial charge in [-0.2, -0.15) is 0 Å². The Labute approximate surface area is 93.8 Å². The molecule has 0 saturated carbocycles. The molecule has 0 aliphatic carbocycles. The van der Waals surface area contributed by atoms with Crippen molar-refractivity contribution in [2.75, 3.05) is 13.7 Å². The van der Waals surface area contributed by atoms with E-state index in [-0.39, 0.29) is 12.3 Å². The molecule has 2 rings (SSSR count). The summed E-state index contributed by atoms with van der Waals surface area (Å²) in [5.74, 6) is 0.715. The molecule has 4 heteroatoms. The maximum absolute atomic E-state index is 10.7. The first-order valence-corrected chi connectivity index (χ1v) is 5.15. The summed E-state index contributed by atoms with van der Waals surface area (Å²) in [7, 11) is 1.61. The Morgan fingerprint density at radius 3 is 3.00 bits per heavy atom. The maximum atomic E-state index is 10.7. The summed E-state index contributed by atoms with van der Waals surface area (Å²) in [5, 5.41) is 8.79. The lowest BCUT2D eigenvalue weighted by atomic mass is 9.96. The Bertz CT molecular complexity index is 425. The predicted octanol–water partition coefficient (Wildman–Crippen LogP) is 1.95. The first-order chi connectivity index (χ1) is 7.63. The zero-order chi connectivity index (χ0) is 11.7. The van der Waals surface area contributed by atoms with Gasteiger partial charge in [-0.05, 0) is 13.0 Å². The molecule has 1 atom stereocenters. The minimum atomic E-state index is -0.796. The van der Waals surface area contributed by atoms with Crippen LogP contribution in [-0.4, -0.2) is 24.8 Å². The summed E-state index contributed by atoms with van der Waals surface area (Å²) >= 11 is 0. The van der Waals surface area contributed by atoms with Crippen molar-refractivity contribution in [1.29, 1.82) is 0 Å². The van der Waals surface area contributed by atoms with E-state index in [2.05, 4.69) is 0 Å². The quantitative estimate of drug-likeness (QED) is 0.849. The van der Waals surface area contributed by atoms with Gasteiger partial charge in [-0.15, -0.1) is 0 Å². The van der Waals surface area contributed by atoms with E-state index in [1.165, 1.54) is 0 Å². The van der Waals surface area contributed by atoms with E-state index in [4.69, 9.17) is 14.6 Å². The second-order valence-corrected chi connectivity index (χ2v) is 3.92. The summed E-state index contributed by atoms with van der Waals surface area (Å²) in [5.41, 5.74) is 1.91. The van der Waals surface area contributed by atoms with Crippen LogP contribution in [0.3, 0.4) is 0 Å². The summed E-state index contributed by atoms with van der Waals surface area (Å²) < 4.78 is 10.7. The average molecular weight is 222 g/mol. The van der Waals surface area contributed by atoms with Gasteiger partial charge in [0, 0.05) is 17.0 Å². The van der Waals surface area contributed by atoms with Gasteiger partial charge >= 0.3 is 5.97 Å². The zero-order valence-corrected chi connectivity index (χ0v) is 9.32. The van der Waals surface area contributed by atoms with E-state index in [9.17, 15) is 4.79 Å². The first kappa shape index (κ1) is 10.8. The number of carboxylic acids is 1. The number of hydrogen-bond donors (Lipinski definition) is 1. The van der Waals surface area contributed by atoms with E-state index in [1.807, 2.05) is 19.1 Å². The fourth-order valence-corrected chi connectivity index (χ4v) is 2.08. The van der Waals surface area contributed by atoms with Gasteiger partial charge in [-0.3, -0.25) is 4.79 Å². The van der Waals surface area contributed by atoms with Gasteiger partial charge in [0.05, 0.1) is 20.1 Å². The molecule has 0 fully saturated rings. The van der Waals surface area contributed by atoms with Crippen LogP contribution in [0.2, 0.25) is 0 Å². The van der Waals surface area contributed by atoms with Crippen LogP contribution < -0.4 is 9.47 Å². The van der Waals surface area contributed by atoms with E-state index in [0.29, 0.717) is 6.61 Å². The molecule has 4 nitrogen and oxygen atoms in total. The topological polar surface area (TPSA) is 55.8 Å². The molecule has 0 unspecified atom stereocenters. The minimum Gasteiger partial charge on any atom is -0.496 e. The third-order valence-electron chi connectivity index (χ3n) is 2.90. The molecular formula is C12H14O4. The van der Waals surface area contributed by atoms with E-state index < -0.39 is 5.97 Å². The molecule has 0 saturated heterocycles. The van der Waals surface area contributed by atoms with Crippen LogP contribution in [0, 0.1) is 6.92 Å². The summed E-state index contributed by atoms with van der Waals surface area (Å²) in [4.78, 5) is 10.7. The lowest BCUT2D eigenvalue weighted by molar-refractivity contribution is -0.137. The molecule has 1 aliphatic heterocycles. The van der Waals surface area contributed by atoms with Gasteiger partial charge in [0.1, 0.15) is 11.5 Å². The van der Waals surface area contributed by atoms with Gasteiger partial charge in [0.2, 0.25) is 0 Å². The van der Waals surface area contributed by atoms with Crippen molar-refractivity contribution in [2.45, 2.75) is 19.3 Å². The predicted molar refractivity (Wildman–Crippen MR) is 58.2 cm³/mol. The number of methoxy groups -OCH3 is 1. The van der Waals surface area contributed by atoms with Crippen LogP contribution in [0.25, 0.3) is 0 Å². The molecule has 0 aromatic heterocycles. The second kappa shape index (κ2) is 4.04. The Balaban J connectivity index is 2.35. The van der Waals surface area contributed by atoms with E-state index in [0.717, 1.165) is 22.6 Å². The molecule has 16 heavy (non-hydrogen) atoms. The van der Waals surface area contributed by atoms with Crippen molar-refractivity contribution in [2.24, 2.45) is 0 Å².